The van der Waals surface area contributed by atoms with Crippen molar-refractivity contribution in [2.75, 3.05) is 57.2 Å². The van der Waals surface area contributed by atoms with E-state index in [0.717, 1.165) is 32.2 Å². The number of nitrogens with one attached hydrogen (secondary N) is 1. The molecule has 1 aliphatic carbocycles. The van der Waals surface area contributed by atoms with E-state index in [9.17, 15) is 8.78 Å². The van der Waals surface area contributed by atoms with Gasteiger partial charge in [0.1, 0.15) is 11.6 Å². The van der Waals surface area contributed by atoms with Gasteiger partial charge in [0.2, 0.25) is 5.95 Å². The summed E-state index contributed by atoms with van der Waals surface area (Å²) < 4.78 is 35.0. The molecule has 1 aliphatic heterocycles. The normalized spacial score (nSPS) is 21.3. The van der Waals surface area contributed by atoms with Gasteiger partial charge in [-0.1, -0.05) is 12.1 Å². The SMILES string of the molecule is CN(C)CC1CCC(Nc2nc(N3CCOCC3)cc(-n3c(C(F)F)nc4ccccc43)n2)CC1. The molecule has 1 aromatic carbocycles. The number of rotatable bonds is 7. The maximum absolute atomic E-state index is 14.0. The molecule has 0 unspecified atom stereocenters. The first-order valence-corrected chi connectivity index (χ1v) is 12.4. The molecule has 3 heterocycles. The summed E-state index contributed by atoms with van der Waals surface area (Å²) >= 11 is 0. The molecule has 0 amide bonds. The number of aromatic nitrogens is 4. The summed E-state index contributed by atoms with van der Waals surface area (Å²) in [7, 11) is 4.23. The molecular weight excluding hydrogens is 452 g/mol. The predicted octanol–water partition coefficient (Wildman–Crippen LogP) is 4.12. The lowest BCUT2D eigenvalue weighted by atomic mass is 9.86. The highest BCUT2D eigenvalue weighted by Crippen LogP contribution is 2.31. The van der Waals surface area contributed by atoms with Crippen LogP contribution in [-0.4, -0.2) is 77.4 Å². The monoisotopic (exact) mass is 485 g/mol. The van der Waals surface area contributed by atoms with Crippen molar-refractivity contribution in [3.63, 3.8) is 0 Å². The highest BCUT2D eigenvalue weighted by Gasteiger charge is 2.25. The van der Waals surface area contributed by atoms with Crippen LogP contribution in [0, 0.1) is 5.92 Å². The minimum absolute atomic E-state index is 0.260. The van der Waals surface area contributed by atoms with E-state index in [-0.39, 0.29) is 11.9 Å². The van der Waals surface area contributed by atoms with E-state index in [1.54, 1.807) is 24.3 Å². The Hall–Kier alpha value is -2.85. The molecule has 0 radical (unpaired) electrons. The summed E-state index contributed by atoms with van der Waals surface area (Å²) in [4.78, 5) is 18.1. The van der Waals surface area contributed by atoms with Crippen LogP contribution in [0.25, 0.3) is 16.9 Å². The standard InChI is InChI=1S/C25H33F2N7O/c1-32(2)16-17-7-9-18(10-8-17)28-25-30-21(33-11-13-35-14-12-33)15-22(31-25)34-20-6-4-3-5-19(20)29-24(34)23(26)27/h3-6,15,17-18,23H,7-14,16H2,1-2H3,(H,28,30,31). The molecule has 3 aromatic rings. The van der Waals surface area contributed by atoms with Crippen molar-refractivity contribution < 1.29 is 13.5 Å². The zero-order valence-corrected chi connectivity index (χ0v) is 20.3. The van der Waals surface area contributed by atoms with Crippen LogP contribution in [0.4, 0.5) is 20.5 Å². The summed E-state index contributed by atoms with van der Waals surface area (Å²) in [6.45, 7) is 3.70. The first-order chi connectivity index (χ1) is 17.0. The van der Waals surface area contributed by atoms with Crippen molar-refractivity contribution >= 4 is 22.8 Å². The summed E-state index contributed by atoms with van der Waals surface area (Å²) in [5, 5.41) is 3.52. The summed E-state index contributed by atoms with van der Waals surface area (Å²) in [5.74, 6) is 1.96. The lowest BCUT2D eigenvalue weighted by molar-refractivity contribution is 0.122. The number of imidazole rings is 1. The number of fused-ring (bicyclic) bond motifs is 1. The first-order valence-electron chi connectivity index (χ1n) is 12.4. The van der Waals surface area contributed by atoms with Crippen LogP contribution < -0.4 is 10.2 Å². The van der Waals surface area contributed by atoms with Gasteiger partial charge in [0.15, 0.2) is 5.82 Å². The molecule has 0 spiro atoms. The second kappa shape index (κ2) is 10.4. The summed E-state index contributed by atoms with van der Waals surface area (Å²) in [6.07, 6.45) is 1.64. The minimum Gasteiger partial charge on any atom is -0.378 e. The average molecular weight is 486 g/mol. The molecule has 0 bridgehead atoms. The minimum atomic E-state index is -2.73. The van der Waals surface area contributed by atoms with Gasteiger partial charge in [-0.2, -0.15) is 9.97 Å². The Morgan fingerprint density at radius 3 is 2.46 bits per heavy atom. The molecule has 2 aliphatic rings. The largest absolute Gasteiger partial charge is 0.378 e. The topological polar surface area (TPSA) is 71.3 Å². The van der Waals surface area contributed by atoms with Crippen molar-refractivity contribution in [2.45, 2.75) is 38.2 Å². The number of nitrogens with zero attached hydrogens (tertiary/aromatic N) is 6. The zero-order chi connectivity index (χ0) is 24.4. The Balaban J connectivity index is 1.49. The number of alkyl halides is 2. The Kier molecular flexibility index (Phi) is 7.10. The molecule has 0 atom stereocenters. The number of halogens is 2. The van der Waals surface area contributed by atoms with Gasteiger partial charge in [0, 0.05) is 31.7 Å². The van der Waals surface area contributed by atoms with Gasteiger partial charge >= 0.3 is 0 Å². The van der Waals surface area contributed by atoms with Gasteiger partial charge in [-0.3, -0.25) is 4.57 Å². The molecule has 2 aromatic heterocycles. The van der Waals surface area contributed by atoms with Crippen LogP contribution in [0.15, 0.2) is 30.3 Å². The highest BCUT2D eigenvalue weighted by atomic mass is 19.3. The smallest absolute Gasteiger partial charge is 0.296 e. The number of anilines is 2. The summed E-state index contributed by atoms with van der Waals surface area (Å²) in [5.41, 5.74) is 1.12. The van der Waals surface area contributed by atoms with Crippen LogP contribution in [-0.2, 0) is 4.74 Å². The first kappa shape index (κ1) is 23.9. The lowest BCUT2D eigenvalue weighted by Gasteiger charge is -2.31. The van der Waals surface area contributed by atoms with Crippen molar-refractivity contribution in [3.8, 4) is 5.82 Å². The van der Waals surface area contributed by atoms with Gasteiger partial charge in [-0.15, -0.1) is 0 Å². The lowest BCUT2D eigenvalue weighted by Crippen LogP contribution is -2.37. The van der Waals surface area contributed by atoms with E-state index in [4.69, 9.17) is 14.7 Å². The Morgan fingerprint density at radius 1 is 1.03 bits per heavy atom. The molecule has 2 fully saturated rings. The predicted molar refractivity (Wildman–Crippen MR) is 133 cm³/mol. The molecule has 10 heteroatoms. The van der Waals surface area contributed by atoms with E-state index in [1.807, 2.05) is 6.07 Å². The molecule has 1 N–H and O–H groups in total. The van der Waals surface area contributed by atoms with Crippen molar-refractivity contribution in [3.05, 3.63) is 36.2 Å². The van der Waals surface area contributed by atoms with Crippen LogP contribution in [0.1, 0.15) is 37.9 Å². The number of para-hydroxylation sites is 2. The third kappa shape index (κ3) is 5.38. The molecule has 1 saturated carbocycles. The highest BCUT2D eigenvalue weighted by molar-refractivity contribution is 5.78. The zero-order valence-electron chi connectivity index (χ0n) is 20.3. The van der Waals surface area contributed by atoms with Crippen molar-refractivity contribution in [2.24, 2.45) is 5.92 Å². The van der Waals surface area contributed by atoms with Crippen molar-refractivity contribution in [1.29, 1.82) is 0 Å². The number of benzene rings is 1. The second-order valence-electron chi connectivity index (χ2n) is 9.73. The third-order valence-electron chi connectivity index (χ3n) is 6.85. The molecule has 5 rings (SSSR count). The molecular formula is C25H33F2N7O. The van der Waals surface area contributed by atoms with Gasteiger partial charge in [0.05, 0.1) is 24.2 Å². The molecule has 8 nitrogen and oxygen atoms in total. The fraction of sp³-hybridized carbons (Fsp3) is 0.560. The maximum atomic E-state index is 14.0. The van der Waals surface area contributed by atoms with E-state index in [2.05, 4.69) is 34.2 Å². The maximum Gasteiger partial charge on any atom is 0.296 e. The third-order valence-corrected chi connectivity index (χ3v) is 6.85. The number of hydrogen-bond acceptors (Lipinski definition) is 7. The van der Waals surface area contributed by atoms with Gasteiger partial charge in [0.25, 0.3) is 6.43 Å². The Bertz CT molecular complexity index is 1140. The van der Waals surface area contributed by atoms with Gasteiger partial charge in [-0.25, -0.2) is 13.8 Å². The van der Waals surface area contributed by atoms with E-state index >= 15 is 0 Å². The number of hydrogen-bond donors (Lipinski definition) is 1. The molecule has 188 valence electrons. The van der Waals surface area contributed by atoms with Crippen LogP contribution in [0.2, 0.25) is 0 Å². The second-order valence-corrected chi connectivity index (χ2v) is 9.73. The molecule has 1 saturated heterocycles. The quantitative estimate of drug-likeness (QED) is 0.540. The fourth-order valence-electron chi connectivity index (χ4n) is 5.18. The van der Waals surface area contributed by atoms with Crippen LogP contribution in [0.5, 0.6) is 0 Å². The Morgan fingerprint density at radius 2 is 1.74 bits per heavy atom. The van der Waals surface area contributed by atoms with Crippen molar-refractivity contribution in [1.82, 2.24) is 24.4 Å². The summed E-state index contributed by atoms with van der Waals surface area (Å²) in [6, 6.07) is 9.20. The van der Waals surface area contributed by atoms with Crippen LogP contribution in [0.3, 0.4) is 0 Å². The van der Waals surface area contributed by atoms with Crippen LogP contribution >= 0.6 is 0 Å². The van der Waals surface area contributed by atoms with Gasteiger partial charge in [-0.05, 0) is 57.8 Å². The van der Waals surface area contributed by atoms with E-state index < -0.39 is 6.43 Å². The molecule has 35 heavy (non-hydrogen) atoms. The number of morpholine rings is 1. The van der Waals surface area contributed by atoms with E-state index in [0.29, 0.717) is 60.8 Å². The van der Waals surface area contributed by atoms with Gasteiger partial charge < -0.3 is 19.9 Å². The van der Waals surface area contributed by atoms with E-state index in [1.165, 1.54) is 4.57 Å². The Labute approximate surface area is 204 Å². The average Bonchev–Trinajstić information content (AvgIpc) is 3.25. The number of ether oxygens (including phenoxy) is 1. The fourth-order valence-corrected chi connectivity index (χ4v) is 5.18.